The number of hydrogen-bond acceptors (Lipinski definition) is 8. The molecule has 8 rings (SSSR count). The molecule has 1 aromatic heterocycles. The van der Waals surface area contributed by atoms with Crippen LogP contribution in [0.4, 0.5) is 10.5 Å². The zero-order valence-corrected chi connectivity index (χ0v) is 29.4. The number of amides is 2. The molecule has 9 nitrogen and oxygen atoms in total. The highest BCUT2D eigenvalue weighted by molar-refractivity contribution is 8.76. The van der Waals surface area contributed by atoms with Crippen molar-refractivity contribution < 1.29 is 19.1 Å². The fraction of sp³-hybridized carbons (Fsp3) is 0.444. The molecule has 1 unspecified atom stereocenters. The van der Waals surface area contributed by atoms with E-state index in [0.717, 1.165) is 69.7 Å². The molecule has 0 spiro atoms. The largest absolute Gasteiger partial charge is 0.494 e. The van der Waals surface area contributed by atoms with Gasteiger partial charge in [0, 0.05) is 77.9 Å². The predicted molar refractivity (Wildman–Crippen MR) is 196 cm³/mol. The molecule has 3 fully saturated rings. The summed E-state index contributed by atoms with van der Waals surface area (Å²) in [6.45, 7) is 5.99. The Morgan fingerprint density at radius 2 is 1.79 bits per heavy atom. The number of H-pyrrole nitrogens is 1. The fourth-order valence-corrected chi connectivity index (χ4v) is 10.5. The number of halogens is 1. The lowest BCUT2D eigenvalue weighted by Gasteiger charge is -2.47. The Morgan fingerprint density at radius 1 is 0.979 bits per heavy atom. The molecule has 12 heteroatoms. The molecular weight excluding hydrogens is 666 g/mol. The number of fused-ring (bicyclic) bond motifs is 5. The molecular formula is C36H40ClN5O4S2. The average molecular weight is 706 g/mol. The standard InChI is InChI=1S/C36H40ClN5O4S2/c1-39-13-14-41(32-22-48-47-21-31(32)39)36(44)46-33-18-30-34(27-7-3-2-6-26(27)33)24(19-37)20-42(30)35(43)29-17-23-16-25(8-9-28(23)38-29)45-15-5-12-40-10-4-11-40/h2-3,6-9,16-18,24,31-32,38H,4-5,10-15,19-22H2,1H3/t24-,31-,32?/m1/s1. The lowest BCUT2D eigenvalue weighted by atomic mass is 9.95. The van der Waals surface area contributed by atoms with Crippen molar-refractivity contribution in [2.24, 2.45) is 0 Å². The summed E-state index contributed by atoms with van der Waals surface area (Å²) in [7, 11) is 5.82. The highest BCUT2D eigenvalue weighted by Crippen LogP contribution is 2.46. The molecule has 252 valence electrons. The van der Waals surface area contributed by atoms with Gasteiger partial charge in [-0.1, -0.05) is 45.9 Å². The van der Waals surface area contributed by atoms with Crippen molar-refractivity contribution in [1.82, 2.24) is 19.7 Å². The molecule has 0 bridgehead atoms. The first-order valence-corrected chi connectivity index (χ1v) is 19.9. The molecule has 2 amide bonds. The summed E-state index contributed by atoms with van der Waals surface area (Å²) in [6.07, 6.45) is 1.95. The Balaban J connectivity index is 1.06. The van der Waals surface area contributed by atoms with Crippen LogP contribution in [0.2, 0.25) is 0 Å². The van der Waals surface area contributed by atoms with Crippen molar-refractivity contribution in [3.05, 3.63) is 65.9 Å². The maximum atomic E-state index is 14.2. The minimum atomic E-state index is -0.338. The van der Waals surface area contributed by atoms with Gasteiger partial charge in [-0.3, -0.25) is 9.69 Å². The molecule has 4 aliphatic rings. The van der Waals surface area contributed by atoms with Crippen molar-refractivity contribution in [2.45, 2.75) is 30.8 Å². The third-order valence-corrected chi connectivity index (χ3v) is 13.1. The topological polar surface area (TPSA) is 81.3 Å². The highest BCUT2D eigenvalue weighted by Gasteiger charge is 2.41. The number of nitrogens with one attached hydrogen (secondary N) is 1. The Kier molecular flexibility index (Phi) is 9.15. The van der Waals surface area contributed by atoms with E-state index in [1.165, 1.54) is 19.5 Å². The van der Waals surface area contributed by atoms with E-state index in [-0.39, 0.29) is 24.0 Å². The van der Waals surface area contributed by atoms with Gasteiger partial charge in [0.05, 0.1) is 18.3 Å². The van der Waals surface area contributed by atoms with E-state index in [1.807, 2.05) is 81.1 Å². The van der Waals surface area contributed by atoms with Gasteiger partial charge < -0.3 is 29.2 Å². The second-order valence-electron chi connectivity index (χ2n) is 13.2. The van der Waals surface area contributed by atoms with E-state index in [2.05, 4.69) is 21.8 Å². The summed E-state index contributed by atoms with van der Waals surface area (Å²) in [5, 5.41) is 2.72. The number of aromatic nitrogens is 1. The van der Waals surface area contributed by atoms with E-state index in [9.17, 15) is 9.59 Å². The van der Waals surface area contributed by atoms with E-state index >= 15 is 0 Å². The molecule has 3 saturated heterocycles. The van der Waals surface area contributed by atoms with Crippen LogP contribution in [-0.2, 0) is 0 Å². The molecule has 3 aromatic carbocycles. The number of piperazine rings is 1. The number of benzene rings is 3. The highest BCUT2D eigenvalue weighted by atomic mass is 35.5. The first kappa shape index (κ1) is 32.1. The zero-order chi connectivity index (χ0) is 32.8. The SMILES string of the molecule is CN1CCN(C(=O)Oc2cc3c(c4ccccc24)[C@H](CCl)CN3C(=O)c2cc3cc(OCCCN4CCC4)ccc3[nH]2)C2CSSC[C@H]21. The summed E-state index contributed by atoms with van der Waals surface area (Å²) in [4.78, 5) is 39.9. The van der Waals surface area contributed by atoms with Crippen LogP contribution >= 0.6 is 33.2 Å². The van der Waals surface area contributed by atoms with Crippen LogP contribution in [0, 0.1) is 0 Å². The number of carbonyl (C=O) groups is 2. The van der Waals surface area contributed by atoms with Gasteiger partial charge in [0.1, 0.15) is 17.2 Å². The first-order valence-electron chi connectivity index (χ1n) is 16.8. The van der Waals surface area contributed by atoms with Crippen molar-refractivity contribution in [3.63, 3.8) is 0 Å². The fourth-order valence-electron chi connectivity index (χ4n) is 7.51. The molecule has 1 N–H and O–H groups in total. The number of anilines is 1. The number of likely N-dealkylation sites (tertiary alicyclic amines) is 1. The maximum absolute atomic E-state index is 14.2. The normalized spacial score (nSPS) is 22.8. The molecule has 0 aliphatic carbocycles. The molecule has 3 atom stereocenters. The van der Waals surface area contributed by atoms with Gasteiger partial charge in [-0.15, -0.1) is 11.6 Å². The van der Waals surface area contributed by atoms with Crippen molar-refractivity contribution in [1.29, 1.82) is 0 Å². The molecule has 0 radical (unpaired) electrons. The average Bonchev–Trinajstić information content (AvgIpc) is 3.69. The number of hydrogen-bond donors (Lipinski definition) is 1. The maximum Gasteiger partial charge on any atom is 0.415 e. The Labute approximate surface area is 293 Å². The number of rotatable bonds is 8. The van der Waals surface area contributed by atoms with Gasteiger partial charge in [-0.2, -0.15) is 0 Å². The Hall–Kier alpha value is -3.09. The number of likely N-dealkylation sites (N-methyl/N-ethyl adjacent to an activating group) is 1. The van der Waals surface area contributed by atoms with Crippen LogP contribution < -0.4 is 14.4 Å². The van der Waals surface area contributed by atoms with E-state index in [0.29, 0.717) is 43.1 Å². The number of ether oxygens (including phenoxy) is 2. The molecule has 5 heterocycles. The summed E-state index contributed by atoms with van der Waals surface area (Å²) in [5.41, 5.74) is 3.11. The van der Waals surface area contributed by atoms with Crippen LogP contribution in [-0.4, -0.2) is 114 Å². The van der Waals surface area contributed by atoms with Crippen LogP contribution in [0.1, 0.15) is 34.8 Å². The zero-order valence-electron chi connectivity index (χ0n) is 27.0. The van der Waals surface area contributed by atoms with E-state index in [1.54, 1.807) is 4.90 Å². The van der Waals surface area contributed by atoms with Gasteiger partial charge in [0.2, 0.25) is 0 Å². The number of alkyl halides is 1. The van der Waals surface area contributed by atoms with Crippen LogP contribution in [0.25, 0.3) is 21.7 Å². The lowest BCUT2D eigenvalue weighted by Crippen LogP contribution is -2.63. The minimum absolute atomic E-state index is 0.0592. The van der Waals surface area contributed by atoms with Gasteiger partial charge >= 0.3 is 6.09 Å². The van der Waals surface area contributed by atoms with Gasteiger partial charge in [0.25, 0.3) is 5.91 Å². The smallest absolute Gasteiger partial charge is 0.415 e. The quantitative estimate of drug-likeness (QED) is 0.124. The molecule has 0 saturated carbocycles. The van der Waals surface area contributed by atoms with Gasteiger partial charge in [-0.25, -0.2) is 4.79 Å². The summed E-state index contributed by atoms with van der Waals surface area (Å²) >= 11 is 6.55. The van der Waals surface area contributed by atoms with Crippen LogP contribution in [0.15, 0.2) is 54.6 Å². The second kappa shape index (κ2) is 13.7. The monoisotopic (exact) mass is 705 g/mol. The minimum Gasteiger partial charge on any atom is -0.494 e. The summed E-state index contributed by atoms with van der Waals surface area (Å²) < 4.78 is 12.3. The summed E-state index contributed by atoms with van der Waals surface area (Å²) in [6, 6.07) is 18.0. The second-order valence-corrected chi connectivity index (χ2v) is 16.1. The van der Waals surface area contributed by atoms with Gasteiger partial charge in [-0.05, 0) is 68.2 Å². The first-order chi connectivity index (χ1) is 23.5. The number of aromatic amines is 1. The third-order valence-electron chi connectivity index (χ3n) is 10.3. The lowest BCUT2D eigenvalue weighted by molar-refractivity contribution is 0.0588. The van der Waals surface area contributed by atoms with Gasteiger partial charge in [0.15, 0.2) is 0 Å². The Morgan fingerprint density at radius 3 is 2.58 bits per heavy atom. The van der Waals surface area contributed by atoms with Crippen molar-refractivity contribution in [3.8, 4) is 11.5 Å². The Bertz CT molecular complexity index is 1850. The van der Waals surface area contributed by atoms with Crippen LogP contribution in [0.5, 0.6) is 11.5 Å². The molecule has 4 aromatic rings. The summed E-state index contributed by atoms with van der Waals surface area (Å²) in [5.74, 6) is 3.27. The molecule has 4 aliphatic heterocycles. The van der Waals surface area contributed by atoms with Crippen molar-refractivity contribution in [2.75, 3.05) is 75.2 Å². The number of carbonyl (C=O) groups excluding carboxylic acids is 2. The predicted octanol–water partition coefficient (Wildman–Crippen LogP) is 6.66. The third kappa shape index (κ3) is 6.02. The van der Waals surface area contributed by atoms with E-state index < -0.39 is 0 Å². The number of nitrogens with zero attached hydrogens (tertiary/aromatic N) is 4. The molecule has 48 heavy (non-hydrogen) atoms. The van der Waals surface area contributed by atoms with Crippen molar-refractivity contribution >= 4 is 72.6 Å². The van der Waals surface area contributed by atoms with Crippen LogP contribution in [0.3, 0.4) is 0 Å². The van der Waals surface area contributed by atoms with E-state index in [4.69, 9.17) is 21.1 Å².